The Morgan fingerprint density at radius 1 is 1.00 bits per heavy atom. The van der Waals surface area contributed by atoms with Gasteiger partial charge in [0.05, 0.1) is 17.5 Å². The van der Waals surface area contributed by atoms with Crippen LogP contribution in [0.3, 0.4) is 0 Å². The summed E-state index contributed by atoms with van der Waals surface area (Å²) in [5, 5.41) is 22.2. The molecule has 1 saturated carbocycles. The first-order valence-electron chi connectivity index (χ1n) is 13.9. The van der Waals surface area contributed by atoms with Gasteiger partial charge in [0.15, 0.2) is 0 Å². The zero-order chi connectivity index (χ0) is 28.3. The van der Waals surface area contributed by atoms with Crippen molar-refractivity contribution in [3.05, 3.63) is 112 Å². The van der Waals surface area contributed by atoms with Gasteiger partial charge >= 0.3 is 5.97 Å². The van der Waals surface area contributed by atoms with E-state index >= 15 is 0 Å². The Balaban J connectivity index is 1.35. The molecule has 208 valence electrons. The highest BCUT2D eigenvalue weighted by Gasteiger charge is 2.47. The van der Waals surface area contributed by atoms with E-state index in [4.69, 9.17) is 16.6 Å². The molecule has 0 spiro atoms. The zero-order valence-electron chi connectivity index (χ0n) is 23.1. The van der Waals surface area contributed by atoms with Crippen LogP contribution in [0.5, 0.6) is 0 Å². The summed E-state index contributed by atoms with van der Waals surface area (Å²) in [5.41, 5.74) is 5.60. The van der Waals surface area contributed by atoms with Gasteiger partial charge in [-0.05, 0) is 92.8 Å². The number of carboxylic acids is 1. The summed E-state index contributed by atoms with van der Waals surface area (Å²) in [5.74, 6) is -0.728. The molecule has 3 aromatic carbocycles. The lowest BCUT2D eigenvalue weighted by Crippen LogP contribution is -2.18. The van der Waals surface area contributed by atoms with E-state index in [9.17, 15) is 15.0 Å². The molecular weight excluding hydrogens is 538 g/mol. The molecule has 0 saturated heterocycles. The van der Waals surface area contributed by atoms with Crippen molar-refractivity contribution in [1.29, 1.82) is 0 Å². The lowest BCUT2D eigenvalue weighted by Gasteiger charge is -2.25. The minimum absolute atomic E-state index is 0.164. The lowest BCUT2D eigenvalue weighted by molar-refractivity contribution is -0.137. The number of carboxylic acid groups (broad SMARTS) is 1. The molecule has 5 rings (SSSR count). The van der Waals surface area contributed by atoms with E-state index in [1.807, 2.05) is 62.0 Å². The first kappa shape index (κ1) is 28.7. The van der Waals surface area contributed by atoms with Crippen LogP contribution in [0.25, 0.3) is 10.9 Å². The molecule has 1 aliphatic carbocycles. The molecule has 2 N–H and O–H groups in total. The topological polar surface area (TPSA) is 70.4 Å². The van der Waals surface area contributed by atoms with Crippen molar-refractivity contribution in [1.82, 2.24) is 4.98 Å². The molecule has 1 atom stereocenters. The van der Waals surface area contributed by atoms with E-state index in [1.165, 1.54) is 11.1 Å². The number of aryl methyl sites for hydroxylation is 3. The van der Waals surface area contributed by atoms with Crippen LogP contribution >= 0.6 is 23.4 Å². The highest BCUT2D eigenvalue weighted by molar-refractivity contribution is 8.01. The van der Waals surface area contributed by atoms with Gasteiger partial charge in [-0.1, -0.05) is 72.3 Å². The molecule has 0 unspecified atom stereocenters. The summed E-state index contributed by atoms with van der Waals surface area (Å²) >= 11 is 8.01. The average molecular weight is 574 g/mol. The van der Waals surface area contributed by atoms with Crippen LogP contribution in [-0.4, -0.2) is 25.9 Å². The second-order valence-electron chi connectivity index (χ2n) is 11.5. The number of fused-ring (bicyclic) bond motifs is 1. The SMILES string of the molecule is CC(C)(O)c1ccccc1CC[C@@H](SC1(CC(=O)O)CC1)c1cccc(CCc2ccc3ccc(Cl)cc3n2)c1. The summed E-state index contributed by atoms with van der Waals surface area (Å²) in [6, 6.07) is 26.8. The van der Waals surface area contributed by atoms with E-state index in [2.05, 4.69) is 42.5 Å². The smallest absolute Gasteiger partial charge is 0.304 e. The van der Waals surface area contributed by atoms with Crippen molar-refractivity contribution in [2.45, 2.75) is 74.4 Å². The minimum Gasteiger partial charge on any atom is -0.481 e. The molecular formula is C34H36ClNO3S. The molecule has 0 aliphatic heterocycles. The number of rotatable bonds is 12. The van der Waals surface area contributed by atoms with Gasteiger partial charge in [-0.2, -0.15) is 0 Å². The summed E-state index contributed by atoms with van der Waals surface area (Å²) in [6.45, 7) is 3.65. The molecule has 0 radical (unpaired) electrons. The molecule has 1 fully saturated rings. The molecule has 4 aromatic rings. The number of thioether (sulfide) groups is 1. The van der Waals surface area contributed by atoms with Crippen molar-refractivity contribution in [2.24, 2.45) is 0 Å². The van der Waals surface area contributed by atoms with Crippen molar-refractivity contribution < 1.29 is 15.0 Å². The molecule has 0 bridgehead atoms. The molecule has 1 heterocycles. The van der Waals surface area contributed by atoms with Crippen molar-refractivity contribution in [3.63, 3.8) is 0 Å². The number of hydrogen-bond acceptors (Lipinski definition) is 4. The zero-order valence-corrected chi connectivity index (χ0v) is 24.6. The highest BCUT2D eigenvalue weighted by Crippen LogP contribution is 2.57. The Bertz CT molecular complexity index is 1510. The predicted molar refractivity (Wildman–Crippen MR) is 165 cm³/mol. The van der Waals surface area contributed by atoms with E-state index in [0.717, 1.165) is 66.2 Å². The van der Waals surface area contributed by atoms with Crippen LogP contribution in [-0.2, 0) is 29.7 Å². The Morgan fingerprint density at radius 2 is 1.77 bits per heavy atom. The molecule has 40 heavy (non-hydrogen) atoms. The monoisotopic (exact) mass is 573 g/mol. The Morgan fingerprint density at radius 3 is 2.52 bits per heavy atom. The van der Waals surface area contributed by atoms with Crippen LogP contribution in [0, 0.1) is 0 Å². The number of carbonyl (C=O) groups is 1. The largest absolute Gasteiger partial charge is 0.481 e. The average Bonchev–Trinajstić information content (AvgIpc) is 3.67. The number of aliphatic hydroxyl groups is 1. The van der Waals surface area contributed by atoms with E-state index in [1.54, 1.807) is 0 Å². The quantitative estimate of drug-likeness (QED) is 0.178. The summed E-state index contributed by atoms with van der Waals surface area (Å²) in [6.07, 6.45) is 5.46. The number of benzene rings is 3. The van der Waals surface area contributed by atoms with Gasteiger partial charge in [-0.25, -0.2) is 0 Å². The summed E-state index contributed by atoms with van der Waals surface area (Å²) in [7, 11) is 0. The van der Waals surface area contributed by atoms with Crippen LogP contribution in [0.4, 0.5) is 0 Å². The third-order valence-corrected chi connectivity index (χ3v) is 9.81. The normalized spacial score (nSPS) is 15.2. The second kappa shape index (κ2) is 11.9. The molecule has 0 amide bonds. The first-order chi connectivity index (χ1) is 19.1. The van der Waals surface area contributed by atoms with Gasteiger partial charge in [-0.15, -0.1) is 11.8 Å². The molecule has 4 nitrogen and oxygen atoms in total. The number of aliphatic carboxylic acids is 1. The van der Waals surface area contributed by atoms with Crippen LogP contribution in [0.2, 0.25) is 5.02 Å². The number of halogens is 1. The maximum Gasteiger partial charge on any atom is 0.304 e. The van der Waals surface area contributed by atoms with Gasteiger partial charge < -0.3 is 10.2 Å². The second-order valence-corrected chi connectivity index (χ2v) is 13.6. The van der Waals surface area contributed by atoms with Gasteiger partial charge in [0.25, 0.3) is 0 Å². The van der Waals surface area contributed by atoms with Gasteiger partial charge in [0.2, 0.25) is 0 Å². The maximum absolute atomic E-state index is 11.6. The Hall–Kier alpha value is -2.86. The van der Waals surface area contributed by atoms with Crippen molar-refractivity contribution in [3.8, 4) is 0 Å². The first-order valence-corrected chi connectivity index (χ1v) is 15.2. The molecule has 1 aliphatic rings. The summed E-state index contributed by atoms with van der Waals surface area (Å²) in [4.78, 5) is 16.4. The number of pyridine rings is 1. The number of hydrogen-bond donors (Lipinski definition) is 2. The number of nitrogens with zero attached hydrogens (tertiary/aromatic N) is 1. The van der Waals surface area contributed by atoms with Crippen LogP contribution < -0.4 is 0 Å². The van der Waals surface area contributed by atoms with Gasteiger partial charge in [0, 0.05) is 26.1 Å². The van der Waals surface area contributed by atoms with Gasteiger partial charge in [-0.3, -0.25) is 9.78 Å². The third kappa shape index (κ3) is 7.25. The van der Waals surface area contributed by atoms with Crippen molar-refractivity contribution in [2.75, 3.05) is 0 Å². The standard InChI is InChI=1S/C34H36ClNO3S/c1-33(2,39)29-9-4-3-7-24(29)13-17-31(40-34(18-19-34)22-32(37)38)26-8-5-6-23(20-26)10-15-28-16-12-25-11-14-27(35)21-30(25)36-28/h3-9,11-12,14,16,20-21,31,39H,10,13,15,17-19,22H2,1-2H3,(H,37,38)/t31-/m1/s1. The number of aromatic nitrogens is 1. The summed E-state index contributed by atoms with van der Waals surface area (Å²) < 4.78 is -0.182. The minimum atomic E-state index is -0.914. The molecule has 6 heteroatoms. The third-order valence-electron chi connectivity index (χ3n) is 7.73. The Kier molecular flexibility index (Phi) is 8.55. The van der Waals surface area contributed by atoms with E-state index < -0.39 is 11.6 Å². The van der Waals surface area contributed by atoms with Crippen LogP contribution in [0.1, 0.15) is 72.7 Å². The lowest BCUT2D eigenvalue weighted by atomic mass is 9.90. The van der Waals surface area contributed by atoms with Crippen LogP contribution in [0.15, 0.2) is 78.9 Å². The van der Waals surface area contributed by atoms with E-state index in [-0.39, 0.29) is 16.4 Å². The fourth-order valence-electron chi connectivity index (χ4n) is 5.46. The van der Waals surface area contributed by atoms with Gasteiger partial charge in [0.1, 0.15) is 0 Å². The molecule has 1 aromatic heterocycles. The fourth-order valence-corrected chi connectivity index (χ4v) is 7.29. The van der Waals surface area contributed by atoms with E-state index in [0.29, 0.717) is 5.02 Å². The predicted octanol–water partition coefficient (Wildman–Crippen LogP) is 8.32. The fraction of sp³-hybridized carbons (Fsp3) is 0.353. The van der Waals surface area contributed by atoms with Crippen molar-refractivity contribution >= 4 is 40.2 Å². The maximum atomic E-state index is 11.6. The Labute approximate surface area is 245 Å². The highest BCUT2D eigenvalue weighted by atomic mass is 35.5.